The molecule has 1 fully saturated rings. The molecule has 25 heavy (non-hydrogen) atoms. The van der Waals surface area contributed by atoms with Crippen LogP contribution in [0.2, 0.25) is 5.02 Å². The highest BCUT2D eigenvalue weighted by Gasteiger charge is 2.75. The second-order valence-corrected chi connectivity index (χ2v) is 8.86. The minimum absolute atomic E-state index is 0.110. The highest BCUT2D eigenvalue weighted by Crippen LogP contribution is 2.63. The Kier molecular flexibility index (Phi) is 4.39. The second kappa shape index (κ2) is 6.12. The van der Waals surface area contributed by atoms with Gasteiger partial charge in [0.1, 0.15) is 5.41 Å². The van der Waals surface area contributed by atoms with Crippen molar-refractivity contribution >= 4 is 27.4 Å². The van der Waals surface area contributed by atoms with Crippen molar-refractivity contribution in [2.75, 3.05) is 6.54 Å². The Hall–Kier alpha value is -1.89. The number of carboxylic acid groups (broad SMARTS) is 1. The minimum atomic E-state index is -3.85. The van der Waals surface area contributed by atoms with Gasteiger partial charge in [-0.3, -0.25) is 4.79 Å². The molecule has 0 radical (unpaired) electrons. The van der Waals surface area contributed by atoms with Gasteiger partial charge in [-0.05, 0) is 36.8 Å². The number of hydrogen-bond acceptors (Lipinski definition) is 4. The van der Waals surface area contributed by atoms with Gasteiger partial charge in [-0.15, -0.1) is 0 Å². The van der Waals surface area contributed by atoms with Crippen LogP contribution in [0.4, 0.5) is 0 Å². The van der Waals surface area contributed by atoms with E-state index in [0.717, 1.165) is 5.56 Å². The first-order valence-corrected chi connectivity index (χ1v) is 9.67. The quantitative estimate of drug-likeness (QED) is 0.832. The van der Waals surface area contributed by atoms with E-state index in [9.17, 15) is 18.3 Å². The van der Waals surface area contributed by atoms with Crippen LogP contribution in [-0.2, 0) is 14.6 Å². The van der Waals surface area contributed by atoms with Crippen LogP contribution in [0.25, 0.3) is 0 Å². The fourth-order valence-electron chi connectivity index (χ4n) is 3.46. The zero-order valence-corrected chi connectivity index (χ0v) is 15.1. The Labute approximate surface area is 151 Å². The Balaban J connectivity index is 2.10. The first kappa shape index (κ1) is 17.9. The molecule has 5 nitrogen and oxygen atoms in total. The third-order valence-electron chi connectivity index (χ3n) is 4.91. The highest BCUT2D eigenvalue weighted by atomic mass is 35.5. The molecule has 2 aromatic carbocycles. The molecule has 1 saturated carbocycles. The van der Waals surface area contributed by atoms with E-state index >= 15 is 0 Å². The van der Waals surface area contributed by atoms with Gasteiger partial charge in [0.2, 0.25) is 0 Å². The van der Waals surface area contributed by atoms with Crippen LogP contribution < -0.4 is 5.73 Å². The molecule has 0 unspecified atom stereocenters. The van der Waals surface area contributed by atoms with E-state index < -0.39 is 32.4 Å². The molecule has 0 aliphatic heterocycles. The predicted octanol–water partition coefficient (Wildman–Crippen LogP) is 2.62. The molecule has 2 aromatic rings. The van der Waals surface area contributed by atoms with Crippen molar-refractivity contribution in [3.05, 3.63) is 64.7 Å². The molecule has 0 heterocycles. The molecule has 1 aliphatic rings. The van der Waals surface area contributed by atoms with Gasteiger partial charge in [0.25, 0.3) is 0 Å². The number of carboxylic acids is 1. The number of rotatable bonds is 5. The van der Waals surface area contributed by atoms with Crippen molar-refractivity contribution in [2.24, 2.45) is 11.1 Å². The number of hydrogen-bond donors (Lipinski definition) is 2. The van der Waals surface area contributed by atoms with Crippen LogP contribution in [0, 0.1) is 12.3 Å². The molecule has 3 atom stereocenters. The zero-order valence-electron chi connectivity index (χ0n) is 13.5. The Morgan fingerprint density at radius 3 is 2.20 bits per heavy atom. The molecule has 0 aromatic heterocycles. The van der Waals surface area contributed by atoms with Crippen molar-refractivity contribution in [1.82, 2.24) is 0 Å². The normalized spacial score (nSPS) is 25.6. The summed E-state index contributed by atoms with van der Waals surface area (Å²) in [4.78, 5) is 12.0. The summed E-state index contributed by atoms with van der Waals surface area (Å²) < 4.78 is 26.2. The SMILES string of the molecule is Cc1ccc(S(=O)(=O)[C@H]2[C@H](c3ccc(Cl)cc3)[C@@]2(CN)C(=O)O)cc1. The molecule has 3 N–H and O–H groups in total. The van der Waals surface area contributed by atoms with Crippen molar-refractivity contribution < 1.29 is 18.3 Å². The van der Waals surface area contributed by atoms with E-state index in [4.69, 9.17) is 17.3 Å². The van der Waals surface area contributed by atoms with Crippen LogP contribution in [0.5, 0.6) is 0 Å². The molecule has 0 saturated heterocycles. The van der Waals surface area contributed by atoms with Crippen molar-refractivity contribution in [3.63, 3.8) is 0 Å². The Bertz CT molecular complexity index is 909. The standard InChI is InChI=1S/C18H18ClNO4S/c1-11-2-8-14(9-3-11)25(23,24)16-15(18(16,10-20)17(21)22)12-4-6-13(19)7-5-12/h2-9,15-16H,10,20H2,1H3,(H,21,22)/t15-,16-,18+/m0/s1. The lowest BCUT2D eigenvalue weighted by atomic mass is 9.99. The number of carbonyl (C=O) groups is 1. The van der Waals surface area contributed by atoms with Gasteiger partial charge in [0.15, 0.2) is 9.84 Å². The van der Waals surface area contributed by atoms with Crippen LogP contribution in [-0.4, -0.2) is 31.3 Å². The number of sulfone groups is 1. The van der Waals surface area contributed by atoms with Gasteiger partial charge < -0.3 is 10.8 Å². The third kappa shape index (κ3) is 2.74. The summed E-state index contributed by atoms with van der Waals surface area (Å²) >= 11 is 5.88. The van der Waals surface area contributed by atoms with Crippen molar-refractivity contribution in [2.45, 2.75) is 23.0 Å². The van der Waals surface area contributed by atoms with Crippen molar-refractivity contribution in [3.8, 4) is 0 Å². The maximum absolute atomic E-state index is 13.1. The summed E-state index contributed by atoms with van der Waals surface area (Å²) in [5, 5.41) is 9.14. The molecular formula is C18H18ClNO4S. The van der Waals surface area contributed by atoms with Gasteiger partial charge in [0, 0.05) is 17.5 Å². The van der Waals surface area contributed by atoms with E-state index in [-0.39, 0.29) is 11.4 Å². The van der Waals surface area contributed by atoms with Gasteiger partial charge in [-0.1, -0.05) is 41.4 Å². The second-order valence-electron chi connectivity index (χ2n) is 6.36. The summed E-state index contributed by atoms with van der Waals surface area (Å²) in [5.74, 6) is -1.91. The summed E-state index contributed by atoms with van der Waals surface area (Å²) in [6.45, 7) is 1.59. The van der Waals surface area contributed by atoms with Gasteiger partial charge in [-0.25, -0.2) is 8.42 Å². The number of nitrogens with two attached hydrogens (primary N) is 1. The molecule has 132 valence electrons. The summed E-state index contributed by atoms with van der Waals surface area (Å²) in [6.07, 6.45) is 0. The van der Waals surface area contributed by atoms with Gasteiger partial charge in [-0.2, -0.15) is 0 Å². The van der Waals surface area contributed by atoms with Crippen LogP contribution >= 0.6 is 11.6 Å². The number of halogens is 1. The van der Waals surface area contributed by atoms with Crippen molar-refractivity contribution in [1.29, 1.82) is 0 Å². The molecule has 0 amide bonds. The molecule has 3 rings (SSSR count). The van der Waals surface area contributed by atoms with E-state index in [2.05, 4.69) is 0 Å². The summed E-state index contributed by atoms with van der Waals surface area (Å²) in [6, 6.07) is 12.9. The van der Waals surface area contributed by atoms with Crippen LogP contribution in [0.1, 0.15) is 17.0 Å². The average molecular weight is 380 g/mol. The Morgan fingerprint density at radius 1 is 1.16 bits per heavy atom. The smallest absolute Gasteiger partial charge is 0.312 e. The molecule has 0 bridgehead atoms. The lowest BCUT2D eigenvalue weighted by Crippen LogP contribution is -2.31. The fraction of sp³-hybridized carbons (Fsp3) is 0.278. The van der Waals surface area contributed by atoms with E-state index in [1.54, 1.807) is 36.4 Å². The van der Waals surface area contributed by atoms with Crippen LogP contribution in [0.3, 0.4) is 0 Å². The Morgan fingerprint density at radius 2 is 1.72 bits per heavy atom. The topological polar surface area (TPSA) is 97.5 Å². The largest absolute Gasteiger partial charge is 0.481 e. The molecule has 7 heteroatoms. The number of aryl methyl sites for hydroxylation is 1. The van der Waals surface area contributed by atoms with Gasteiger partial charge >= 0.3 is 5.97 Å². The predicted molar refractivity (Wildman–Crippen MR) is 95.5 cm³/mol. The molecule has 0 spiro atoms. The van der Waals surface area contributed by atoms with Gasteiger partial charge in [0.05, 0.1) is 10.1 Å². The zero-order chi connectivity index (χ0) is 18.4. The first-order valence-electron chi connectivity index (χ1n) is 7.74. The number of benzene rings is 2. The van der Waals surface area contributed by atoms with E-state index in [1.165, 1.54) is 12.1 Å². The monoisotopic (exact) mass is 379 g/mol. The minimum Gasteiger partial charge on any atom is -0.481 e. The average Bonchev–Trinajstić information content (AvgIpc) is 3.27. The number of aliphatic carboxylic acids is 1. The highest BCUT2D eigenvalue weighted by molar-refractivity contribution is 7.92. The lowest BCUT2D eigenvalue weighted by molar-refractivity contribution is -0.143. The van der Waals surface area contributed by atoms with E-state index in [0.29, 0.717) is 10.6 Å². The van der Waals surface area contributed by atoms with Crippen LogP contribution in [0.15, 0.2) is 53.4 Å². The van der Waals surface area contributed by atoms with E-state index in [1.807, 2.05) is 6.92 Å². The molecular weight excluding hydrogens is 362 g/mol. The summed E-state index contributed by atoms with van der Waals surface area (Å²) in [5.41, 5.74) is 5.75. The fourth-order valence-corrected chi connectivity index (χ4v) is 5.97. The summed E-state index contributed by atoms with van der Waals surface area (Å²) in [7, 11) is -3.85. The maximum Gasteiger partial charge on any atom is 0.312 e. The first-order chi connectivity index (χ1) is 11.7. The maximum atomic E-state index is 13.1. The lowest BCUT2D eigenvalue weighted by Gasteiger charge is -2.10. The molecule has 1 aliphatic carbocycles. The third-order valence-corrected chi connectivity index (χ3v) is 7.45.